The number of nitrogens with two attached hydrogens (primary N) is 1. The molecule has 1 amide bonds. The largest absolute Gasteiger partial charge is 0.446 e. The van der Waals surface area contributed by atoms with E-state index in [9.17, 15) is 14.4 Å². The summed E-state index contributed by atoms with van der Waals surface area (Å²) >= 11 is 0. The Morgan fingerprint density at radius 1 is 1.26 bits per heavy atom. The average Bonchev–Trinajstić information content (AvgIpc) is 2.91. The van der Waals surface area contributed by atoms with Gasteiger partial charge in [-0.3, -0.25) is 9.59 Å². The molecule has 5 nitrogen and oxygen atoms in total. The minimum Gasteiger partial charge on any atom is -0.446 e. The van der Waals surface area contributed by atoms with Crippen molar-refractivity contribution in [3.8, 4) is 0 Å². The molecule has 0 aliphatic heterocycles. The van der Waals surface area contributed by atoms with Crippen molar-refractivity contribution >= 4 is 17.7 Å². The van der Waals surface area contributed by atoms with Crippen molar-refractivity contribution in [3.05, 3.63) is 23.8 Å². The lowest BCUT2D eigenvalue weighted by atomic mass is 9.47. The van der Waals surface area contributed by atoms with Crippen LogP contribution in [0.2, 0.25) is 0 Å². The lowest BCUT2D eigenvalue weighted by molar-refractivity contribution is -0.144. The number of carbonyl (C=O) groups is 3. The number of carbonyl (C=O) groups excluding carboxylic acids is 3. The van der Waals surface area contributed by atoms with Crippen molar-refractivity contribution in [2.75, 3.05) is 0 Å². The zero-order chi connectivity index (χ0) is 19.6. The van der Waals surface area contributed by atoms with Gasteiger partial charge in [-0.1, -0.05) is 25.5 Å². The first-order valence-corrected chi connectivity index (χ1v) is 10.1. The summed E-state index contributed by atoms with van der Waals surface area (Å²) in [5.74, 6) is 1.20. The highest BCUT2D eigenvalue weighted by Gasteiger charge is 2.62. The van der Waals surface area contributed by atoms with Crippen LogP contribution in [0, 0.1) is 34.5 Å². The number of ether oxygens (including phenoxy) is 1. The Hall–Kier alpha value is -1.91. The molecule has 7 atom stereocenters. The summed E-state index contributed by atoms with van der Waals surface area (Å²) in [5.41, 5.74) is 5.87. The second kappa shape index (κ2) is 6.05. The van der Waals surface area contributed by atoms with Gasteiger partial charge < -0.3 is 10.5 Å². The van der Waals surface area contributed by atoms with Gasteiger partial charge in [0.1, 0.15) is 11.9 Å². The summed E-state index contributed by atoms with van der Waals surface area (Å²) in [5, 5.41) is 0. The van der Waals surface area contributed by atoms with Crippen LogP contribution in [0.15, 0.2) is 23.8 Å². The smallest absolute Gasteiger partial charge is 0.404 e. The van der Waals surface area contributed by atoms with E-state index in [4.69, 9.17) is 10.5 Å². The topological polar surface area (TPSA) is 86.5 Å². The third-order valence-electron chi connectivity index (χ3n) is 8.19. The molecule has 1 unspecified atom stereocenters. The number of allylic oxidation sites excluding steroid dienone is 4. The number of fused-ring (bicyclic) bond motifs is 5. The molecule has 27 heavy (non-hydrogen) atoms. The first-order valence-electron chi connectivity index (χ1n) is 10.1. The Kier molecular flexibility index (Phi) is 4.13. The monoisotopic (exact) mass is 371 g/mol. The van der Waals surface area contributed by atoms with Gasteiger partial charge in [0.15, 0.2) is 5.78 Å². The van der Waals surface area contributed by atoms with Crippen molar-refractivity contribution in [1.82, 2.24) is 0 Å². The van der Waals surface area contributed by atoms with Gasteiger partial charge in [-0.05, 0) is 62.0 Å². The van der Waals surface area contributed by atoms with Crippen LogP contribution in [0.5, 0.6) is 0 Å². The van der Waals surface area contributed by atoms with E-state index < -0.39 is 6.09 Å². The van der Waals surface area contributed by atoms with Crippen molar-refractivity contribution < 1.29 is 19.1 Å². The summed E-state index contributed by atoms with van der Waals surface area (Å²) in [6.45, 7) is 6.24. The summed E-state index contributed by atoms with van der Waals surface area (Å²) in [4.78, 5) is 36.5. The van der Waals surface area contributed by atoms with E-state index in [0.717, 1.165) is 31.3 Å². The molecule has 0 bridgehead atoms. The molecule has 3 saturated carbocycles. The molecule has 4 rings (SSSR count). The highest BCUT2D eigenvalue weighted by molar-refractivity contribution is 6.01. The number of hydrogen-bond donors (Lipinski definition) is 1. The SMILES string of the molecule is CC(OC(N)=O)[C@H]1CC[C@H]2[C@@H]3CCC4=CC(=O)C=C[C@]4(C)[C@H]3C(=O)C[C@]12C. The fourth-order valence-electron chi connectivity index (χ4n) is 7.10. The number of ketones is 2. The molecule has 0 heterocycles. The molecular weight excluding hydrogens is 342 g/mol. The van der Waals surface area contributed by atoms with Crippen LogP contribution in [0.1, 0.15) is 52.9 Å². The molecule has 2 N–H and O–H groups in total. The Bertz CT molecular complexity index is 768. The maximum atomic E-state index is 13.4. The lowest BCUT2D eigenvalue weighted by Crippen LogP contribution is -2.55. The maximum absolute atomic E-state index is 13.4. The third-order valence-corrected chi connectivity index (χ3v) is 8.19. The van der Waals surface area contributed by atoms with Crippen molar-refractivity contribution in [1.29, 1.82) is 0 Å². The number of primary amides is 1. The molecule has 5 heteroatoms. The summed E-state index contributed by atoms with van der Waals surface area (Å²) in [6, 6.07) is 0. The average molecular weight is 371 g/mol. The highest BCUT2D eigenvalue weighted by Crippen LogP contribution is 2.65. The maximum Gasteiger partial charge on any atom is 0.404 e. The minimum absolute atomic E-state index is 0.0346. The summed E-state index contributed by atoms with van der Waals surface area (Å²) in [6.07, 6.45) is 8.70. The van der Waals surface area contributed by atoms with Gasteiger partial charge in [0, 0.05) is 23.7 Å². The third kappa shape index (κ3) is 2.61. The molecule has 4 aliphatic carbocycles. The van der Waals surface area contributed by atoms with Crippen molar-refractivity contribution in [2.24, 2.45) is 40.2 Å². The number of hydrogen-bond acceptors (Lipinski definition) is 4. The van der Waals surface area contributed by atoms with Crippen LogP contribution in [0.3, 0.4) is 0 Å². The molecule has 146 valence electrons. The van der Waals surface area contributed by atoms with Gasteiger partial charge in [0.05, 0.1) is 0 Å². The van der Waals surface area contributed by atoms with Gasteiger partial charge in [0.25, 0.3) is 0 Å². The fourth-order valence-corrected chi connectivity index (χ4v) is 7.10. The lowest BCUT2D eigenvalue weighted by Gasteiger charge is -2.56. The molecule has 0 radical (unpaired) electrons. The van der Waals surface area contributed by atoms with E-state index in [0.29, 0.717) is 24.0 Å². The van der Waals surface area contributed by atoms with Gasteiger partial charge in [-0.25, -0.2) is 4.79 Å². The zero-order valence-electron chi connectivity index (χ0n) is 16.4. The predicted octanol–water partition coefficient (Wildman–Crippen LogP) is 3.57. The first kappa shape index (κ1) is 18.5. The molecule has 0 aromatic heterocycles. The molecule has 4 aliphatic rings. The second-order valence-electron chi connectivity index (χ2n) is 9.45. The summed E-state index contributed by atoms with van der Waals surface area (Å²) < 4.78 is 5.31. The van der Waals surface area contributed by atoms with Crippen LogP contribution >= 0.6 is 0 Å². The molecule has 0 aromatic carbocycles. The van der Waals surface area contributed by atoms with Crippen LogP contribution in [0.25, 0.3) is 0 Å². The van der Waals surface area contributed by atoms with Crippen LogP contribution < -0.4 is 5.73 Å². The Morgan fingerprint density at radius 3 is 2.70 bits per heavy atom. The quantitative estimate of drug-likeness (QED) is 0.804. The predicted molar refractivity (Wildman–Crippen MR) is 101 cm³/mol. The van der Waals surface area contributed by atoms with E-state index in [1.54, 1.807) is 12.2 Å². The number of amides is 1. The van der Waals surface area contributed by atoms with E-state index in [2.05, 4.69) is 13.8 Å². The van der Waals surface area contributed by atoms with E-state index in [1.807, 2.05) is 13.0 Å². The molecule has 0 spiro atoms. The molecular formula is C22H29NO4. The molecule has 0 saturated heterocycles. The van der Waals surface area contributed by atoms with Crippen molar-refractivity contribution in [3.63, 3.8) is 0 Å². The van der Waals surface area contributed by atoms with Gasteiger partial charge in [0.2, 0.25) is 0 Å². The highest BCUT2D eigenvalue weighted by atomic mass is 16.6. The van der Waals surface area contributed by atoms with Gasteiger partial charge in [-0.2, -0.15) is 0 Å². The Balaban J connectivity index is 1.67. The van der Waals surface area contributed by atoms with Crippen LogP contribution in [0.4, 0.5) is 4.79 Å². The van der Waals surface area contributed by atoms with Gasteiger partial charge in [-0.15, -0.1) is 0 Å². The Morgan fingerprint density at radius 2 is 2.00 bits per heavy atom. The first-order chi connectivity index (χ1) is 12.7. The van der Waals surface area contributed by atoms with Crippen LogP contribution in [-0.2, 0) is 14.3 Å². The fraction of sp³-hybridized carbons (Fsp3) is 0.682. The second-order valence-corrected chi connectivity index (χ2v) is 9.45. The zero-order valence-corrected chi connectivity index (χ0v) is 16.4. The van der Waals surface area contributed by atoms with Gasteiger partial charge >= 0.3 is 6.09 Å². The van der Waals surface area contributed by atoms with E-state index in [1.165, 1.54) is 0 Å². The Labute approximate surface area is 160 Å². The van der Waals surface area contributed by atoms with Crippen LogP contribution in [-0.4, -0.2) is 23.8 Å². The molecule has 3 fully saturated rings. The van der Waals surface area contributed by atoms with Crippen molar-refractivity contribution in [2.45, 2.75) is 59.0 Å². The van der Waals surface area contributed by atoms with E-state index >= 15 is 0 Å². The summed E-state index contributed by atoms with van der Waals surface area (Å²) in [7, 11) is 0. The normalized spacial score (nSPS) is 44.0. The molecule has 0 aromatic rings. The standard InChI is InChI=1S/C22H29NO4/c1-12(27-20(23)26)16-6-7-17-15-5-4-13-10-14(24)8-9-21(13,2)19(15)18(25)11-22(16,17)3/h8-10,12,15-17,19H,4-7,11H2,1-3H3,(H2,23,26)/t12?,15-,16+,17-,19+,21-,22+/m0/s1. The number of Topliss-reactive ketones (excluding diaryl/α,β-unsaturated/α-hetero) is 1. The number of rotatable bonds is 2. The minimum atomic E-state index is -0.744. The van der Waals surface area contributed by atoms with E-state index in [-0.39, 0.29) is 34.6 Å².